The molecular formula is C26H29F4N3O3. The summed E-state index contributed by atoms with van der Waals surface area (Å²) in [4.78, 5) is 30.2. The zero-order valence-corrected chi connectivity index (χ0v) is 20.1. The van der Waals surface area contributed by atoms with E-state index in [1.807, 2.05) is 18.7 Å². The minimum Gasteiger partial charge on any atom is -0.484 e. The van der Waals surface area contributed by atoms with E-state index in [0.29, 0.717) is 31.0 Å². The molecule has 36 heavy (non-hydrogen) atoms. The maximum atomic E-state index is 13.4. The first kappa shape index (κ1) is 25.9. The second-order valence-electron chi connectivity index (χ2n) is 9.68. The normalized spacial score (nSPS) is 21.4. The van der Waals surface area contributed by atoms with Gasteiger partial charge in [0.05, 0.1) is 12.0 Å². The lowest BCUT2D eigenvalue weighted by atomic mass is 9.87. The number of ether oxygens (including phenoxy) is 1. The molecule has 2 aromatic carbocycles. The fourth-order valence-corrected chi connectivity index (χ4v) is 5.09. The van der Waals surface area contributed by atoms with Gasteiger partial charge in [-0.25, -0.2) is 4.39 Å². The van der Waals surface area contributed by atoms with Crippen LogP contribution < -0.4 is 15.0 Å². The lowest BCUT2D eigenvalue weighted by Crippen LogP contribution is -2.47. The number of hydrogen-bond donors (Lipinski definition) is 1. The Morgan fingerprint density at radius 2 is 1.75 bits per heavy atom. The van der Waals surface area contributed by atoms with E-state index in [1.54, 1.807) is 17.0 Å². The molecule has 0 radical (unpaired) electrons. The van der Waals surface area contributed by atoms with Crippen molar-refractivity contribution in [1.29, 1.82) is 0 Å². The van der Waals surface area contributed by atoms with Gasteiger partial charge < -0.3 is 15.0 Å². The summed E-state index contributed by atoms with van der Waals surface area (Å²) in [7, 11) is 0. The van der Waals surface area contributed by atoms with Crippen LogP contribution in [0.5, 0.6) is 5.75 Å². The molecule has 2 fully saturated rings. The number of fused-ring (bicyclic) bond motifs is 1. The third-order valence-electron chi connectivity index (χ3n) is 6.73. The summed E-state index contributed by atoms with van der Waals surface area (Å²) in [6.07, 6.45) is -3.67. The Morgan fingerprint density at radius 1 is 1.08 bits per heavy atom. The van der Waals surface area contributed by atoms with Crippen molar-refractivity contribution in [1.82, 2.24) is 4.90 Å². The van der Waals surface area contributed by atoms with Crippen LogP contribution in [0.2, 0.25) is 0 Å². The van der Waals surface area contributed by atoms with Crippen LogP contribution in [0.4, 0.5) is 28.9 Å². The van der Waals surface area contributed by atoms with Gasteiger partial charge in [-0.15, -0.1) is 0 Å². The van der Waals surface area contributed by atoms with Gasteiger partial charge in [0.15, 0.2) is 6.61 Å². The number of piperidine rings is 1. The number of amides is 2. The lowest BCUT2D eigenvalue weighted by molar-refractivity contribution is -0.153. The first-order chi connectivity index (χ1) is 17.0. The van der Waals surface area contributed by atoms with Gasteiger partial charge in [0.25, 0.3) is 0 Å². The minimum absolute atomic E-state index is 0.0129. The second kappa shape index (κ2) is 10.5. The van der Waals surface area contributed by atoms with Crippen molar-refractivity contribution < 1.29 is 31.9 Å². The molecule has 1 N–H and O–H groups in total. The molecule has 2 amide bonds. The van der Waals surface area contributed by atoms with Crippen molar-refractivity contribution in [2.24, 2.45) is 17.8 Å². The molecule has 0 saturated carbocycles. The Hall–Kier alpha value is -3.14. The minimum atomic E-state index is -4.42. The number of rotatable bonds is 7. The van der Waals surface area contributed by atoms with Crippen LogP contribution in [-0.2, 0) is 9.59 Å². The highest BCUT2D eigenvalue weighted by atomic mass is 19.4. The molecule has 2 heterocycles. The summed E-state index contributed by atoms with van der Waals surface area (Å²) in [6, 6.07) is 11.2. The SMILES string of the molecule is CC(C)C(C(=O)Nc1ccc(F)cc1)N1CC2CCN(c3ccc(OCC(F)(F)F)cc3)C(=O)C2C1. The molecule has 3 atom stereocenters. The van der Waals surface area contributed by atoms with E-state index in [-0.39, 0.29) is 41.1 Å². The van der Waals surface area contributed by atoms with Gasteiger partial charge in [-0.05, 0) is 66.8 Å². The van der Waals surface area contributed by atoms with Crippen molar-refractivity contribution in [3.05, 3.63) is 54.3 Å². The zero-order chi connectivity index (χ0) is 26.0. The van der Waals surface area contributed by atoms with Gasteiger partial charge in [0, 0.05) is 31.0 Å². The van der Waals surface area contributed by atoms with Gasteiger partial charge in [-0.1, -0.05) is 13.8 Å². The van der Waals surface area contributed by atoms with E-state index in [1.165, 1.54) is 36.4 Å². The zero-order valence-electron chi connectivity index (χ0n) is 20.1. The fourth-order valence-electron chi connectivity index (χ4n) is 5.09. The Bertz CT molecular complexity index is 1070. The number of nitrogens with zero attached hydrogens (tertiary/aromatic N) is 2. The summed E-state index contributed by atoms with van der Waals surface area (Å²) in [5.74, 6) is -0.738. The van der Waals surface area contributed by atoms with Crippen LogP contribution >= 0.6 is 0 Å². The molecule has 10 heteroatoms. The topological polar surface area (TPSA) is 61.9 Å². The molecule has 0 bridgehead atoms. The predicted molar refractivity (Wildman–Crippen MR) is 127 cm³/mol. The monoisotopic (exact) mass is 507 g/mol. The van der Waals surface area contributed by atoms with Gasteiger partial charge >= 0.3 is 6.18 Å². The Morgan fingerprint density at radius 3 is 2.36 bits per heavy atom. The van der Waals surface area contributed by atoms with Crippen molar-refractivity contribution in [2.45, 2.75) is 32.5 Å². The van der Waals surface area contributed by atoms with Gasteiger partial charge in [0.2, 0.25) is 11.8 Å². The third-order valence-corrected chi connectivity index (χ3v) is 6.73. The third kappa shape index (κ3) is 5.98. The number of carbonyl (C=O) groups is 2. The molecule has 0 aliphatic carbocycles. The molecule has 2 aliphatic heterocycles. The van der Waals surface area contributed by atoms with Crippen LogP contribution in [0.15, 0.2) is 48.5 Å². The highest BCUT2D eigenvalue weighted by Gasteiger charge is 2.46. The van der Waals surface area contributed by atoms with E-state index in [9.17, 15) is 27.2 Å². The molecule has 2 aliphatic rings. The van der Waals surface area contributed by atoms with Crippen molar-refractivity contribution in [3.63, 3.8) is 0 Å². The molecule has 4 rings (SSSR count). The van der Waals surface area contributed by atoms with Gasteiger partial charge in [-0.2, -0.15) is 13.2 Å². The second-order valence-corrected chi connectivity index (χ2v) is 9.68. The Balaban J connectivity index is 1.41. The standard InChI is InChI=1S/C26H29F4N3O3/c1-16(2)23(24(34)31-19-5-3-18(27)4-6-19)32-13-17-11-12-33(25(35)22(17)14-32)20-7-9-21(10-8-20)36-15-26(28,29)30/h3-10,16-17,22-23H,11-15H2,1-2H3,(H,31,34). The smallest absolute Gasteiger partial charge is 0.422 e. The van der Waals surface area contributed by atoms with E-state index < -0.39 is 18.8 Å². The van der Waals surface area contributed by atoms with Crippen LogP contribution in [0.3, 0.4) is 0 Å². The van der Waals surface area contributed by atoms with Crippen molar-refractivity contribution in [3.8, 4) is 5.75 Å². The number of anilines is 2. The molecule has 3 unspecified atom stereocenters. The Kier molecular flexibility index (Phi) is 7.54. The van der Waals surface area contributed by atoms with Crippen LogP contribution in [0, 0.1) is 23.6 Å². The molecule has 6 nitrogen and oxygen atoms in total. The number of benzene rings is 2. The highest BCUT2D eigenvalue weighted by molar-refractivity contribution is 5.97. The summed E-state index contributed by atoms with van der Waals surface area (Å²) in [5.41, 5.74) is 1.11. The lowest BCUT2D eigenvalue weighted by Gasteiger charge is -2.34. The van der Waals surface area contributed by atoms with Crippen LogP contribution in [-0.4, -0.2) is 55.2 Å². The van der Waals surface area contributed by atoms with Gasteiger partial charge in [0.1, 0.15) is 11.6 Å². The average Bonchev–Trinajstić information content (AvgIpc) is 3.24. The summed E-state index contributed by atoms with van der Waals surface area (Å²) >= 11 is 0. The van der Waals surface area contributed by atoms with E-state index in [0.717, 1.165) is 6.42 Å². The Labute approximate surface area is 207 Å². The summed E-state index contributed by atoms with van der Waals surface area (Å²) in [5, 5.41) is 2.85. The quantitative estimate of drug-likeness (QED) is 0.552. The molecule has 2 aromatic rings. The summed E-state index contributed by atoms with van der Waals surface area (Å²) in [6.45, 7) is 4.08. The van der Waals surface area contributed by atoms with Crippen LogP contribution in [0.25, 0.3) is 0 Å². The van der Waals surface area contributed by atoms with Crippen molar-refractivity contribution in [2.75, 3.05) is 36.5 Å². The van der Waals surface area contributed by atoms with Gasteiger partial charge in [-0.3, -0.25) is 14.5 Å². The van der Waals surface area contributed by atoms with E-state index in [4.69, 9.17) is 4.74 Å². The summed E-state index contributed by atoms with van der Waals surface area (Å²) < 4.78 is 55.1. The van der Waals surface area contributed by atoms with Crippen LogP contribution in [0.1, 0.15) is 20.3 Å². The molecule has 2 saturated heterocycles. The number of hydrogen-bond acceptors (Lipinski definition) is 4. The maximum Gasteiger partial charge on any atom is 0.422 e. The van der Waals surface area contributed by atoms with E-state index >= 15 is 0 Å². The largest absolute Gasteiger partial charge is 0.484 e. The molecule has 0 aromatic heterocycles. The fraction of sp³-hybridized carbons (Fsp3) is 0.462. The van der Waals surface area contributed by atoms with E-state index in [2.05, 4.69) is 5.32 Å². The maximum absolute atomic E-state index is 13.4. The first-order valence-corrected chi connectivity index (χ1v) is 11.9. The number of nitrogens with one attached hydrogen (secondary N) is 1. The average molecular weight is 508 g/mol. The number of alkyl halides is 3. The highest BCUT2D eigenvalue weighted by Crippen LogP contribution is 2.37. The number of halogens is 4. The molecule has 0 spiro atoms. The van der Waals surface area contributed by atoms with Crippen molar-refractivity contribution >= 4 is 23.2 Å². The number of likely N-dealkylation sites (tertiary alicyclic amines) is 1. The predicted octanol–water partition coefficient (Wildman–Crippen LogP) is 4.71. The molecule has 194 valence electrons. The molecular weight excluding hydrogens is 478 g/mol. The number of carbonyl (C=O) groups excluding carboxylic acids is 2. The first-order valence-electron chi connectivity index (χ1n) is 11.9.